The first-order valence-electron chi connectivity index (χ1n) is 6.61. The van der Waals surface area contributed by atoms with Crippen molar-refractivity contribution in [2.24, 2.45) is 0 Å². The SMILES string of the molecule is CC.CCc1ccc(C(=O)N(CC)CC)cc1. The van der Waals surface area contributed by atoms with E-state index in [0.29, 0.717) is 0 Å². The van der Waals surface area contributed by atoms with Crippen molar-refractivity contribution in [3.8, 4) is 0 Å². The van der Waals surface area contributed by atoms with Gasteiger partial charge in [-0.3, -0.25) is 4.79 Å². The zero-order valence-electron chi connectivity index (χ0n) is 11.8. The summed E-state index contributed by atoms with van der Waals surface area (Å²) < 4.78 is 0. The molecule has 0 aliphatic carbocycles. The van der Waals surface area contributed by atoms with Crippen molar-refractivity contribution in [2.45, 2.75) is 41.0 Å². The van der Waals surface area contributed by atoms with Gasteiger partial charge in [-0.05, 0) is 38.0 Å². The van der Waals surface area contributed by atoms with Crippen LogP contribution in [-0.2, 0) is 6.42 Å². The van der Waals surface area contributed by atoms with E-state index in [9.17, 15) is 4.79 Å². The molecule has 0 atom stereocenters. The molecule has 1 rings (SSSR count). The molecule has 1 aromatic carbocycles. The van der Waals surface area contributed by atoms with Gasteiger partial charge in [0.25, 0.3) is 5.91 Å². The standard InChI is InChI=1S/C13H19NO.C2H6/c1-4-11-7-9-12(10-8-11)13(15)14(5-2)6-3;1-2/h7-10H,4-6H2,1-3H3;1-2H3. The van der Waals surface area contributed by atoms with Gasteiger partial charge >= 0.3 is 0 Å². The minimum Gasteiger partial charge on any atom is -0.339 e. The fraction of sp³-hybridized carbons (Fsp3) is 0.533. The lowest BCUT2D eigenvalue weighted by molar-refractivity contribution is 0.0773. The fourth-order valence-corrected chi connectivity index (χ4v) is 1.58. The highest BCUT2D eigenvalue weighted by Crippen LogP contribution is 2.08. The normalized spacial score (nSPS) is 9.24. The summed E-state index contributed by atoms with van der Waals surface area (Å²) in [6.45, 7) is 11.7. The van der Waals surface area contributed by atoms with Crippen LogP contribution in [0.1, 0.15) is 50.5 Å². The van der Waals surface area contributed by atoms with Gasteiger partial charge in [-0.15, -0.1) is 0 Å². The maximum Gasteiger partial charge on any atom is 0.253 e. The third-order valence-electron chi connectivity index (χ3n) is 2.66. The number of carbonyl (C=O) groups is 1. The molecule has 0 heterocycles. The molecule has 0 spiro atoms. The monoisotopic (exact) mass is 235 g/mol. The van der Waals surface area contributed by atoms with Gasteiger partial charge in [0.15, 0.2) is 0 Å². The van der Waals surface area contributed by atoms with Gasteiger partial charge < -0.3 is 4.90 Å². The van der Waals surface area contributed by atoms with Crippen LogP contribution in [-0.4, -0.2) is 23.9 Å². The minimum atomic E-state index is 0.127. The zero-order chi connectivity index (χ0) is 13.3. The van der Waals surface area contributed by atoms with Gasteiger partial charge in [0.2, 0.25) is 0 Å². The number of hydrogen-bond donors (Lipinski definition) is 0. The molecule has 0 saturated heterocycles. The number of amides is 1. The number of rotatable bonds is 4. The summed E-state index contributed by atoms with van der Waals surface area (Å²) in [6, 6.07) is 7.88. The van der Waals surface area contributed by atoms with Gasteiger partial charge in [0, 0.05) is 18.7 Å². The molecule has 0 aliphatic rings. The Morgan fingerprint density at radius 3 is 1.82 bits per heavy atom. The highest BCUT2D eigenvalue weighted by molar-refractivity contribution is 5.94. The molecule has 17 heavy (non-hydrogen) atoms. The molecule has 0 radical (unpaired) electrons. The van der Waals surface area contributed by atoms with Crippen molar-refractivity contribution in [3.05, 3.63) is 35.4 Å². The fourth-order valence-electron chi connectivity index (χ4n) is 1.58. The molecule has 2 nitrogen and oxygen atoms in total. The van der Waals surface area contributed by atoms with Crippen molar-refractivity contribution < 1.29 is 4.79 Å². The predicted molar refractivity (Wildman–Crippen MR) is 74.4 cm³/mol. The Labute approximate surface area is 106 Å². The molecule has 96 valence electrons. The molecule has 0 bridgehead atoms. The van der Waals surface area contributed by atoms with Crippen molar-refractivity contribution in [1.29, 1.82) is 0 Å². The lowest BCUT2D eigenvalue weighted by atomic mass is 10.1. The summed E-state index contributed by atoms with van der Waals surface area (Å²) in [5.41, 5.74) is 2.06. The molecule has 2 heteroatoms. The third-order valence-corrected chi connectivity index (χ3v) is 2.66. The van der Waals surface area contributed by atoms with E-state index < -0.39 is 0 Å². The molecule has 0 saturated carbocycles. The van der Waals surface area contributed by atoms with E-state index >= 15 is 0 Å². The second-order valence-electron chi connectivity index (χ2n) is 3.53. The predicted octanol–water partition coefficient (Wildman–Crippen LogP) is 3.76. The molecule has 1 amide bonds. The van der Waals surface area contributed by atoms with E-state index in [2.05, 4.69) is 6.92 Å². The number of nitrogens with zero attached hydrogens (tertiary/aromatic N) is 1. The van der Waals surface area contributed by atoms with Crippen LogP contribution in [0.15, 0.2) is 24.3 Å². The maximum atomic E-state index is 11.9. The molecule has 0 fully saturated rings. The molecule has 1 aromatic rings. The highest BCUT2D eigenvalue weighted by Gasteiger charge is 2.11. The highest BCUT2D eigenvalue weighted by atomic mass is 16.2. The van der Waals surface area contributed by atoms with E-state index in [-0.39, 0.29) is 5.91 Å². The lowest BCUT2D eigenvalue weighted by Crippen LogP contribution is -2.30. The van der Waals surface area contributed by atoms with Gasteiger partial charge in [0.05, 0.1) is 0 Å². The van der Waals surface area contributed by atoms with Gasteiger partial charge in [0.1, 0.15) is 0 Å². The van der Waals surface area contributed by atoms with Crippen LogP contribution in [0, 0.1) is 0 Å². The number of hydrogen-bond acceptors (Lipinski definition) is 1. The average molecular weight is 235 g/mol. The Morgan fingerprint density at radius 1 is 1.00 bits per heavy atom. The molecular weight excluding hydrogens is 210 g/mol. The molecular formula is C15H25NO. The van der Waals surface area contributed by atoms with Crippen LogP contribution in [0.25, 0.3) is 0 Å². The van der Waals surface area contributed by atoms with E-state index in [4.69, 9.17) is 0 Å². The van der Waals surface area contributed by atoms with Crippen LogP contribution in [0.3, 0.4) is 0 Å². The minimum absolute atomic E-state index is 0.127. The van der Waals surface area contributed by atoms with Gasteiger partial charge in [-0.25, -0.2) is 0 Å². The van der Waals surface area contributed by atoms with Crippen molar-refractivity contribution in [1.82, 2.24) is 4.90 Å². The lowest BCUT2D eigenvalue weighted by Gasteiger charge is -2.18. The first kappa shape index (κ1) is 15.7. The largest absolute Gasteiger partial charge is 0.339 e. The van der Waals surface area contributed by atoms with Crippen LogP contribution in [0.2, 0.25) is 0 Å². The number of benzene rings is 1. The molecule has 0 aliphatic heterocycles. The summed E-state index contributed by atoms with van der Waals surface area (Å²) in [5.74, 6) is 0.127. The second kappa shape index (κ2) is 8.80. The average Bonchev–Trinajstić information content (AvgIpc) is 2.42. The first-order chi connectivity index (χ1) is 8.22. The Kier molecular flexibility index (Phi) is 8.12. The molecule has 0 N–H and O–H groups in total. The molecule has 0 aromatic heterocycles. The summed E-state index contributed by atoms with van der Waals surface area (Å²) in [5, 5.41) is 0. The Bertz CT molecular complexity index is 312. The molecule has 0 unspecified atom stereocenters. The summed E-state index contributed by atoms with van der Waals surface area (Å²) in [7, 11) is 0. The van der Waals surface area contributed by atoms with E-state index in [1.807, 2.05) is 56.9 Å². The summed E-state index contributed by atoms with van der Waals surface area (Å²) in [6.07, 6.45) is 1.01. The van der Waals surface area contributed by atoms with E-state index in [0.717, 1.165) is 25.1 Å². The van der Waals surface area contributed by atoms with Crippen LogP contribution in [0.4, 0.5) is 0 Å². The zero-order valence-corrected chi connectivity index (χ0v) is 11.8. The summed E-state index contributed by atoms with van der Waals surface area (Å²) >= 11 is 0. The number of carbonyl (C=O) groups excluding carboxylic acids is 1. The van der Waals surface area contributed by atoms with Crippen molar-refractivity contribution in [3.63, 3.8) is 0 Å². The van der Waals surface area contributed by atoms with Crippen LogP contribution < -0.4 is 0 Å². The topological polar surface area (TPSA) is 20.3 Å². The number of aryl methyl sites for hydroxylation is 1. The third kappa shape index (κ3) is 4.59. The van der Waals surface area contributed by atoms with Crippen LogP contribution in [0.5, 0.6) is 0 Å². The summed E-state index contributed by atoms with van der Waals surface area (Å²) in [4.78, 5) is 13.8. The maximum absolute atomic E-state index is 11.9. The first-order valence-corrected chi connectivity index (χ1v) is 6.61. The van der Waals surface area contributed by atoms with Crippen molar-refractivity contribution in [2.75, 3.05) is 13.1 Å². The second-order valence-corrected chi connectivity index (χ2v) is 3.53. The van der Waals surface area contributed by atoms with Gasteiger partial charge in [-0.2, -0.15) is 0 Å². The smallest absolute Gasteiger partial charge is 0.253 e. The van der Waals surface area contributed by atoms with Crippen LogP contribution >= 0.6 is 0 Å². The Morgan fingerprint density at radius 2 is 1.47 bits per heavy atom. The Hall–Kier alpha value is -1.31. The van der Waals surface area contributed by atoms with Crippen molar-refractivity contribution >= 4 is 5.91 Å². The van der Waals surface area contributed by atoms with Gasteiger partial charge in [-0.1, -0.05) is 32.9 Å². The quantitative estimate of drug-likeness (QED) is 0.778. The van der Waals surface area contributed by atoms with E-state index in [1.165, 1.54) is 5.56 Å². The van der Waals surface area contributed by atoms with E-state index in [1.54, 1.807) is 0 Å². The Balaban J connectivity index is 0.00000121.